The van der Waals surface area contributed by atoms with Crippen LogP contribution < -0.4 is 10.1 Å². The third kappa shape index (κ3) is 8.37. The van der Waals surface area contributed by atoms with Gasteiger partial charge in [-0.2, -0.15) is 4.79 Å². The zero-order valence-electron chi connectivity index (χ0n) is 14.9. The molecule has 136 valence electrons. The van der Waals surface area contributed by atoms with Crippen LogP contribution in [0.5, 0.6) is 5.75 Å². The van der Waals surface area contributed by atoms with Gasteiger partial charge in [0.05, 0.1) is 19.4 Å². The average Bonchev–Trinajstić information content (AvgIpc) is 2.55. The molecule has 0 radical (unpaired) electrons. The number of rotatable bonds is 8. The zero-order chi connectivity index (χ0) is 18.9. The standard InChI is InChI=1S/C17H23N3O4S/c1-17(2,3)24-16(22)19-9-15(21)14(20-18)11-25-10-12-5-7-13(23-4)8-6-12/h5-8H,9-11H2,1-4H3,(H,19,22). The summed E-state index contributed by atoms with van der Waals surface area (Å²) in [4.78, 5) is 26.5. The van der Waals surface area contributed by atoms with Gasteiger partial charge in [-0.1, -0.05) is 12.1 Å². The fraction of sp³-hybridized carbons (Fsp3) is 0.471. The molecule has 0 unspecified atom stereocenters. The number of Topliss-reactive ketones (excluding diaryl/α,β-unsaturated/α-hetero) is 1. The molecule has 8 heteroatoms. The van der Waals surface area contributed by atoms with E-state index in [1.54, 1.807) is 27.9 Å². The Kier molecular flexibility index (Phi) is 8.18. The van der Waals surface area contributed by atoms with E-state index in [1.165, 1.54) is 11.8 Å². The molecule has 1 amide bonds. The zero-order valence-corrected chi connectivity index (χ0v) is 15.7. The van der Waals surface area contributed by atoms with Crippen molar-refractivity contribution in [2.24, 2.45) is 0 Å². The number of ketones is 1. The lowest BCUT2D eigenvalue weighted by atomic mass is 10.2. The van der Waals surface area contributed by atoms with E-state index in [0.717, 1.165) is 11.3 Å². The summed E-state index contributed by atoms with van der Waals surface area (Å²) in [6, 6.07) is 7.56. The van der Waals surface area contributed by atoms with Crippen molar-refractivity contribution in [2.45, 2.75) is 32.1 Å². The number of carbonyl (C=O) groups excluding carboxylic acids is 2. The first-order valence-electron chi connectivity index (χ1n) is 7.67. The summed E-state index contributed by atoms with van der Waals surface area (Å²) in [6.07, 6.45) is -0.691. The molecule has 1 N–H and O–H groups in total. The maximum absolute atomic E-state index is 12.0. The van der Waals surface area contributed by atoms with Crippen LogP contribution in [-0.2, 0) is 15.3 Å². The van der Waals surface area contributed by atoms with Crippen molar-refractivity contribution in [3.05, 3.63) is 35.4 Å². The van der Waals surface area contributed by atoms with Crippen molar-refractivity contribution in [3.63, 3.8) is 0 Å². The maximum Gasteiger partial charge on any atom is 0.408 e. The van der Waals surface area contributed by atoms with Gasteiger partial charge >= 0.3 is 11.8 Å². The number of benzene rings is 1. The highest BCUT2D eigenvalue weighted by atomic mass is 32.2. The molecule has 0 aliphatic heterocycles. The molecule has 0 saturated carbocycles. The summed E-state index contributed by atoms with van der Waals surface area (Å²) >= 11 is 1.43. The highest BCUT2D eigenvalue weighted by molar-refractivity contribution is 7.99. The molecule has 0 aliphatic rings. The molecule has 1 rings (SSSR count). The number of amides is 1. The maximum atomic E-state index is 12.0. The summed E-state index contributed by atoms with van der Waals surface area (Å²) in [5.74, 6) is 1.19. The van der Waals surface area contributed by atoms with Gasteiger partial charge in [0.2, 0.25) is 0 Å². The Morgan fingerprint density at radius 1 is 1.24 bits per heavy atom. The van der Waals surface area contributed by atoms with Gasteiger partial charge in [-0.05, 0) is 38.5 Å². The highest BCUT2D eigenvalue weighted by Crippen LogP contribution is 2.16. The number of hydrogen-bond acceptors (Lipinski definition) is 5. The van der Waals surface area contributed by atoms with Crippen molar-refractivity contribution in [1.29, 1.82) is 0 Å². The molecule has 0 saturated heterocycles. The van der Waals surface area contributed by atoms with E-state index in [4.69, 9.17) is 15.0 Å². The smallest absolute Gasteiger partial charge is 0.408 e. The van der Waals surface area contributed by atoms with Crippen molar-refractivity contribution in [1.82, 2.24) is 5.32 Å². The van der Waals surface area contributed by atoms with Crippen LogP contribution in [0.4, 0.5) is 4.79 Å². The van der Waals surface area contributed by atoms with Crippen LogP contribution in [0.2, 0.25) is 0 Å². The van der Waals surface area contributed by atoms with Gasteiger partial charge in [0.25, 0.3) is 5.78 Å². The van der Waals surface area contributed by atoms with Crippen molar-refractivity contribution in [3.8, 4) is 5.75 Å². The lowest BCUT2D eigenvalue weighted by molar-refractivity contribution is -0.116. The lowest BCUT2D eigenvalue weighted by Crippen LogP contribution is -2.38. The second-order valence-electron chi connectivity index (χ2n) is 6.17. The quantitative estimate of drug-likeness (QED) is 0.434. The third-order valence-electron chi connectivity index (χ3n) is 2.90. The van der Waals surface area contributed by atoms with Gasteiger partial charge in [-0.3, -0.25) is 4.79 Å². The summed E-state index contributed by atoms with van der Waals surface area (Å²) in [7, 11) is 1.60. The number of thioether (sulfide) groups is 1. The molecule has 0 bridgehead atoms. The Hall–Kier alpha value is -2.31. The van der Waals surface area contributed by atoms with Crippen LogP contribution in [0.25, 0.3) is 5.53 Å². The number of ether oxygens (including phenoxy) is 2. The van der Waals surface area contributed by atoms with E-state index in [2.05, 4.69) is 10.1 Å². The largest absolute Gasteiger partial charge is 0.497 e. The first kappa shape index (κ1) is 20.7. The minimum atomic E-state index is -0.691. The first-order chi connectivity index (χ1) is 11.7. The van der Waals surface area contributed by atoms with E-state index in [-0.39, 0.29) is 18.0 Å². The number of nitrogens with one attached hydrogen (secondary N) is 1. The molecule has 0 aliphatic carbocycles. The number of hydrogen-bond donors (Lipinski definition) is 1. The molecule has 0 atom stereocenters. The monoisotopic (exact) mass is 365 g/mol. The topological polar surface area (TPSA) is 101 Å². The van der Waals surface area contributed by atoms with Crippen LogP contribution in [0.3, 0.4) is 0 Å². The van der Waals surface area contributed by atoms with Crippen LogP contribution in [0, 0.1) is 0 Å². The molecule has 0 heterocycles. The second kappa shape index (κ2) is 9.86. The van der Waals surface area contributed by atoms with E-state index >= 15 is 0 Å². The number of alkyl carbamates (subject to hydrolysis) is 1. The Bertz CT molecular complexity index is 647. The summed E-state index contributed by atoms with van der Waals surface area (Å²) in [5.41, 5.74) is 9.42. The SMILES string of the molecule is COc1ccc(CSCC(=[N+]=[N-])C(=O)CNC(=O)OC(C)(C)C)cc1. The normalized spacial score (nSPS) is 10.6. The number of carbonyl (C=O) groups is 2. The Balaban J connectivity index is 2.41. The molecule has 0 aromatic heterocycles. The number of nitrogens with zero attached hydrogens (tertiary/aromatic N) is 2. The fourth-order valence-corrected chi connectivity index (χ4v) is 2.66. The van der Waals surface area contributed by atoms with Crippen LogP contribution in [-0.4, -0.2) is 47.4 Å². The van der Waals surface area contributed by atoms with Crippen molar-refractivity contribution >= 4 is 29.4 Å². The van der Waals surface area contributed by atoms with Gasteiger partial charge in [0, 0.05) is 5.75 Å². The van der Waals surface area contributed by atoms with E-state index in [1.807, 2.05) is 24.3 Å². The number of methoxy groups -OCH3 is 1. The molecule has 25 heavy (non-hydrogen) atoms. The van der Waals surface area contributed by atoms with E-state index < -0.39 is 17.5 Å². The van der Waals surface area contributed by atoms with E-state index in [9.17, 15) is 9.59 Å². The third-order valence-corrected chi connectivity index (χ3v) is 3.92. The molecular weight excluding hydrogens is 342 g/mol. The Labute approximate surface area is 151 Å². The van der Waals surface area contributed by atoms with Gasteiger partial charge in [0.15, 0.2) is 0 Å². The minimum absolute atomic E-state index is 0.00503. The summed E-state index contributed by atoms with van der Waals surface area (Å²) in [5, 5.41) is 2.35. The molecule has 0 fully saturated rings. The average molecular weight is 365 g/mol. The molecule has 1 aromatic rings. The van der Waals surface area contributed by atoms with Crippen molar-refractivity contribution < 1.29 is 23.9 Å². The molecule has 0 spiro atoms. The van der Waals surface area contributed by atoms with Gasteiger partial charge in [0.1, 0.15) is 11.4 Å². The predicted molar refractivity (Wildman–Crippen MR) is 97.0 cm³/mol. The molecule has 1 aromatic carbocycles. The first-order valence-corrected chi connectivity index (χ1v) is 8.82. The lowest BCUT2D eigenvalue weighted by Gasteiger charge is -2.19. The van der Waals surface area contributed by atoms with Gasteiger partial charge < -0.3 is 20.3 Å². The van der Waals surface area contributed by atoms with Crippen LogP contribution in [0.1, 0.15) is 26.3 Å². The van der Waals surface area contributed by atoms with E-state index in [0.29, 0.717) is 5.75 Å². The molecule has 7 nitrogen and oxygen atoms in total. The van der Waals surface area contributed by atoms with Crippen LogP contribution >= 0.6 is 11.8 Å². The van der Waals surface area contributed by atoms with Gasteiger partial charge in [-0.15, -0.1) is 11.8 Å². The summed E-state index contributed by atoms with van der Waals surface area (Å²) in [6.45, 7) is 4.90. The Morgan fingerprint density at radius 3 is 2.40 bits per heavy atom. The minimum Gasteiger partial charge on any atom is -0.497 e. The highest BCUT2D eigenvalue weighted by Gasteiger charge is 2.22. The van der Waals surface area contributed by atoms with Crippen LogP contribution in [0.15, 0.2) is 24.3 Å². The van der Waals surface area contributed by atoms with Gasteiger partial charge in [-0.25, -0.2) is 4.79 Å². The summed E-state index contributed by atoms with van der Waals surface area (Å²) < 4.78 is 10.1. The van der Waals surface area contributed by atoms with Crippen molar-refractivity contribution in [2.75, 3.05) is 19.4 Å². The Morgan fingerprint density at radius 2 is 1.88 bits per heavy atom. The predicted octanol–water partition coefficient (Wildman–Crippen LogP) is 2.69. The fourth-order valence-electron chi connectivity index (χ4n) is 1.72. The molecular formula is C17H23N3O4S. The second-order valence-corrected chi connectivity index (χ2v) is 7.15.